The Hall–Kier alpha value is -6.40. The molecule has 5 N–H and O–H groups in total. The Morgan fingerprint density at radius 1 is 0.734 bits per heavy atom. The zero-order chi connectivity index (χ0) is 45.6. The maximum Gasteiger partial charge on any atom is 0.433 e. The first-order chi connectivity index (χ1) is 30.5. The number of methoxy groups -OCH3 is 1. The fourth-order valence-corrected chi connectivity index (χ4v) is 9.69. The molecule has 3 aliphatic rings. The zero-order valence-corrected chi connectivity index (χ0v) is 36.3. The summed E-state index contributed by atoms with van der Waals surface area (Å²) in [5.74, 6) is 0.259. The summed E-state index contributed by atoms with van der Waals surface area (Å²) in [6.45, 7) is 8.28. The summed E-state index contributed by atoms with van der Waals surface area (Å²) < 4.78 is 45.9. The fourth-order valence-electron chi connectivity index (χ4n) is 9.69. The van der Waals surface area contributed by atoms with Crippen LogP contribution in [0.3, 0.4) is 0 Å². The number of carbonyl (C=O) groups is 4. The molecule has 0 saturated carbocycles. The van der Waals surface area contributed by atoms with Crippen LogP contribution >= 0.6 is 0 Å². The molecular formula is C45H53F3N10O6. The Balaban J connectivity index is 1.09. The number of rotatable bonds is 11. The van der Waals surface area contributed by atoms with Crippen molar-refractivity contribution in [3.63, 3.8) is 0 Å². The summed E-state index contributed by atoms with van der Waals surface area (Å²) in [7, 11) is 1.26. The predicted octanol–water partition coefficient (Wildman–Crippen LogP) is 7.94. The largest absolute Gasteiger partial charge is 0.465 e. The lowest BCUT2D eigenvalue weighted by atomic mass is 10.0. The van der Waals surface area contributed by atoms with Gasteiger partial charge in [-0.05, 0) is 97.9 Å². The lowest BCUT2D eigenvalue weighted by molar-refractivity contribution is -0.141. The Labute approximate surface area is 367 Å². The smallest absolute Gasteiger partial charge is 0.433 e. The molecule has 0 radical (unpaired) electrons. The number of alkyl carbamates (subject to hydrolysis) is 1. The molecular weight excluding hydrogens is 834 g/mol. The highest BCUT2D eigenvalue weighted by Crippen LogP contribution is 2.48. The number of halogens is 3. The van der Waals surface area contributed by atoms with Crippen molar-refractivity contribution < 1.29 is 42.2 Å². The van der Waals surface area contributed by atoms with Gasteiger partial charge in [0, 0.05) is 13.1 Å². The average molecular weight is 887 g/mol. The molecule has 0 spiro atoms. The van der Waals surface area contributed by atoms with Crippen LogP contribution in [0, 0.1) is 11.8 Å². The molecule has 16 nitrogen and oxygen atoms in total. The quantitative estimate of drug-likeness (QED) is 0.0867. The van der Waals surface area contributed by atoms with Gasteiger partial charge in [-0.2, -0.15) is 13.2 Å². The van der Waals surface area contributed by atoms with Crippen LogP contribution in [0.5, 0.6) is 0 Å². The number of nitrogens with one attached hydrogen (secondary N) is 4. The maximum absolute atomic E-state index is 13.8. The Morgan fingerprint density at radius 2 is 1.23 bits per heavy atom. The highest BCUT2D eigenvalue weighted by molar-refractivity contribution is 5.87. The molecule has 2 aromatic carbocycles. The van der Waals surface area contributed by atoms with Gasteiger partial charge in [-0.25, -0.2) is 24.5 Å². The molecule has 3 fully saturated rings. The van der Waals surface area contributed by atoms with E-state index in [0.717, 1.165) is 41.1 Å². The number of fused-ring (bicyclic) bond motifs is 2. The summed E-state index contributed by atoms with van der Waals surface area (Å²) in [4.78, 5) is 77.1. The first-order valence-electron chi connectivity index (χ1n) is 21.8. The number of carboxylic acid groups (broad SMARTS) is 1. The van der Waals surface area contributed by atoms with E-state index in [9.17, 15) is 37.5 Å². The molecule has 8 rings (SSSR count). The molecule has 0 unspecified atom stereocenters. The second kappa shape index (κ2) is 17.6. The van der Waals surface area contributed by atoms with E-state index in [2.05, 4.69) is 30.5 Å². The number of benzene rings is 2. The number of hydrogen-bond donors (Lipinski definition) is 5. The van der Waals surface area contributed by atoms with Crippen molar-refractivity contribution in [1.82, 2.24) is 45.4 Å². The SMILES string of the molecule is COC(=O)N[C@H](C(=O)N1CCC[C@H]1c1nc2ccc([C@H]3CC[C@H](c4ccc5nc([C@@H]6CCCN6C(=O)[C@@H](NC(=O)O)C(C)C)[nH]c5c4)N3c3ccc(C(F)(F)F)nc3)cc2[nH]1)C(C)C. The minimum absolute atomic E-state index is 0.184. The molecule has 64 heavy (non-hydrogen) atoms. The zero-order valence-electron chi connectivity index (χ0n) is 36.3. The van der Waals surface area contributed by atoms with E-state index >= 15 is 0 Å². The number of aromatic nitrogens is 5. The first-order valence-corrected chi connectivity index (χ1v) is 21.8. The van der Waals surface area contributed by atoms with E-state index in [-0.39, 0.29) is 47.8 Å². The molecule has 6 heterocycles. The van der Waals surface area contributed by atoms with E-state index in [1.54, 1.807) is 23.6 Å². The number of ether oxygens (including phenoxy) is 1. The first kappa shape index (κ1) is 44.2. The number of H-pyrrole nitrogens is 2. The van der Waals surface area contributed by atoms with Crippen LogP contribution in [0.4, 0.5) is 28.4 Å². The molecule has 0 aliphatic carbocycles. The van der Waals surface area contributed by atoms with Crippen LogP contribution < -0.4 is 15.5 Å². The number of pyridine rings is 1. The lowest BCUT2D eigenvalue weighted by Gasteiger charge is -2.33. The normalized spacial score (nSPS) is 21.3. The van der Waals surface area contributed by atoms with Gasteiger partial charge in [0.25, 0.3) is 0 Å². The van der Waals surface area contributed by atoms with E-state index in [1.165, 1.54) is 19.4 Å². The molecule has 3 aromatic heterocycles. The molecule has 5 aromatic rings. The molecule has 4 amide bonds. The van der Waals surface area contributed by atoms with Crippen LogP contribution in [0.1, 0.15) is 119 Å². The van der Waals surface area contributed by atoms with Gasteiger partial charge in [-0.15, -0.1) is 0 Å². The van der Waals surface area contributed by atoms with Gasteiger partial charge < -0.3 is 45.1 Å². The van der Waals surface area contributed by atoms with Crippen LogP contribution in [0.15, 0.2) is 54.7 Å². The number of carbonyl (C=O) groups excluding carboxylic acids is 3. The summed E-state index contributed by atoms with van der Waals surface area (Å²) in [6, 6.07) is 11.3. The van der Waals surface area contributed by atoms with Crippen LogP contribution in [-0.2, 0) is 20.5 Å². The summed E-state index contributed by atoms with van der Waals surface area (Å²) in [6.07, 6.45) is -1.12. The van der Waals surface area contributed by atoms with Gasteiger partial charge in [0.1, 0.15) is 29.4 Å². The molecule has 6 atom stereocenters. The predicted molar refractivity (Wildman–Crippen MR) is 230 cm³/mol. The van der Waals surface area contributed by atoms with Gasteiger partial charge in [0.15, 0.2) is 0 Å². The van der Waals surface area contributed by atoms with Gasteiger partial charge in [-0.3, -0.25) is 9.59 Å². The van der Waals surface area contributed by atoms with Gasteiger partial charge >= 0.3 is 18.4 Å². The van der Waals surface area contributed by atoms with E-state index in [1.807, 2.05) is 50.2 Å². The minimum Gasteiger partial charge on any atom is -0.465 e. The van der Waals surface area contributed by atoms with E-state index in [0.29, 0.717) is 67.1 Å². The van der Waals surface area contributed by atoms with Crippen molar-refractivity contribution in [2.24, 2.45) is 11.8 Å². The molecule has 3 aliphatic heterocycles. The number of imidazole rings is 2. The monoisotopic (exact) mass is 886 g/mol. The van der Waals surface area contributed by atoms with Crippen molar-refractivity contribution in [1.29, 1.82) is 0 Å². The highest BCUT2D eigenvalue weighted by Gasteiger charge is 2.41. The number of hydrogen-bond acceptors (Lipinski definition) is 9. The lowest BCUT2D eigenvalue weighted by Crippen LogP contribution is -2.51. The van der Waals surface area contributed by atoms with Crippen molar-refractivity contribution in [3.8, 4) is 0 Å². The van der Waals surface area contributed by atoms with Crippen LogP contribution in [-0.4, -0.2) is 96.1 Å². The number of likely N-dealkylation sites (tertiary alicyclic amines) is 2. The van der Waals surface area contributed by atoms with E-state index in [4.69, 9.17) is 14.7 Å². The third kappa shape index (κ3) is 8.63. The second-order valence-corrected chi connectivity index (χ2v) is 17.6. The van der Waals surface area contributed by atoms with Crippen LogP contribution in [0.2, 0.25) is 0 Å². The van der Waals surface area contributed by atoms with Crippen molar-refractivity contribution >= 4 is 51.8 Å². The second-order valence-electron chi connectivity index (χ2n) is 17.6. The number of anilines is 1. The minimum atomic E-state index is -4.61. The third-order valence-electron chi connectivity index (χ3n) is 12.8. The molecule has 19 heteroatoms. The molecule has 0 bridgehead atoms. The third-order valence-corrected chi connectivity index (χ3v) is 12.8. The Kier molecular flexibility index (Phi) is 12.2. The number of aromatic amines is 2. The van der Waals surface area contributed by atoms with Crippen molar-refractivity contribution in [2.75, 3.05) is 25.1 Å². The Morgan fingerprint density at radius 3 is 1.66 bits per heavy atom. The maximum atomic E-state index is 13.8. The highest BCUT2D eigenvalue weighted by atomic mass is 19.4. The van der Waals surface area contributed by atoms with Crippen molar-refractivity contribution in [3.05, 3.63) is 83.2 Å². The number of nitrogens with zero attached hydrogens (tertiary/aromatic N) is 6. The summed E-state index contributed by atoms with van der Waals surface area (Å²) in [5.41, 5.74) is 4.22. The van der Waals surface area contributed by atoms with Crippen LogP contribution in [0.25, 0.3) is 22.1 Å². The Bertz CT molecular complexity index is 2540. The average Bonchev–Trinajstić information content (AvgIpc) is 4.11. The standard InChI is InChI=1S/C45H53F3N10O6/c1-23(2)37(54-43(61)62)41(59)56-18-6-8-34(56)39-50-28-13-10-25(20-30(28)52-39)32-15-16-33(58(32)27-12-17-36(49-22-27)45(46,47)48)26-11-14-29-31(21-26)53-40(51-29)35-9-7-19-57(35)42(60)38(24(3)4)55-44(63)64-5/h10-14,17,20-24,32-35,37-38,54H,6-9,15-16,18-19H2,1-5H3,(H,50,52)(H,51,53)(H,55,63)(H,61,62)/t32-,33-,34+,35+,37+,38+/m1/s1. The topological polar surface area (TPSA) is 202 Å². The van der Waals surface area contributed by atoms with Gasteiger partial charge in [0.05, 0.1) is 65.2 Å². The van der Waals surface area contributed by atoms with Gasteiger partial charge in [-0.1, -0.05) is 39.8 Å². The number of alkyl halides is 3. The number of amides is 4. The summed E-state index contributed by atoms with van der Waals surface area (Å²) >= 11 is 0. The van der Waals surface area contributed by atoms with E-state index < -0.39 is 36.1 Å². The van der Waals surface area contributed by atoms with Crippen molar-refractivity contribution in [2.45, 2.75) is 109 Å². The molecule has 3 saturated heterocycles. The summed E-state index contributed by atoms with van der Waals surface area (Å²) in [5, 5.41) is 14.5. The molecule has 340 valence electrons. The fraction of sp³-hybridized carbons (Fsp3) is 0.489. The van der Waals surface area contributed by atoms with Gasteiger partial charge in [0.2, 0.25) is 11.8 Å².